The van der Waals surface area contributed by atoms with Crippen LogP contribution in [0.1, 0.15) is 34.9 Å². The van der Waals surface area contributed by atoms with Crippen molar-refractivity contribution in [2.45, 2.75) is 39.7 Å². The monoisotopic (exact) mass is 392 g/mol. The van der Waals surface area contributed by atoms with E-state index in [4.69, 9.17) is 4.42 Å². The lowest BCUT2D eigenvalue weighted by Gasteiger charge is -2.17. The molecule has 0 amide bonds. The van der Waals surface area contributed by atoms with Gasteiger partial charge in [-0.05, 0) is 54.9 Å². The number of fused-ring (bicyclic) bond motifs is 4. The lowest BCUT2D eigenvalue weighted by molar-refractivity contribution is 0.509. The Bertz CT molecular complexity index is 1350. The van der Waals surface area contributed by atoms with E-state index in [1.165, 1.54) is 16.5 Å². The van der Waals surface area contributed by atoms with E-state index in [-0.39, 0.29) is 5.56 Å². The fourth-order valence-electron chi connectivity index (χ4n) is 4.13. The summed E-state index contributed by atoms with van der Waals surface area (Å²) in [6.45, 7) is 4.51. The van der Waals surface area contributed by atoms with Gasteiger partial charge in [-0.15, -0.1) is 11.3 Å². The van der Waals surface area contributed by atoms with Crippen molar-refractivity contribution in [1.29, 1.82) is 0 Å². The van der Waals surface area contributed by atoms with E-state index in [0.29, 0.717) is 18.0 Å². The highest BCUT2D eigenvalue weighted by atomic mass is 32.1. The number of nitrogens with zero attached hydrogens (tertiary/aromatic N) is 2. The Balaban J connectivity index is 1.65. The third kappa shape index (κ3) is 2.79. The predicted molar refractivity (Wildman–Crippen MR) is 111 cm³/mol. The minimum atomic E-state index is -0.405. The molecule has 5 nitrogen and oxygen atoms in total. The number of hydrogen-bond acceptors (Lipinski definition) is 5. The maximum atomic E-state index is 13.3. The summed E-state index contributed by atoms with van der Waals surface area (Å²) in [4.78, 5) is 32.0. The lowest BCUT2D eigenvalue weighted by Crippen LogP contribution is -2.22. The summed E-state index contributed by atoms with van der Waals surface area (Å²) in [6.07, 6.45) is 4.68. The lowest BCUT2D eigenvalue weighted by atomic mass is 9.89. The number of rotatable bonds is 2. The molecule has 0 bridgehead atoms. The van der Waals surface area contributed by atoms with Crippen LogP contribution in [0.5, 0.6) is 0 Å². The average Bonchev–Trinajstić information content (AvgIpc) is 3.01. The van der Waals surface area contributed by atoms with E-state index in [1.54, 1.807) is 22.2 Å². The SMILES string of the molecule is Cc1ccc2c(Cn3cnc4sc5c(c4c3=O)CCC(C)C5)cc(=O)oc2c1. The predicted octanol–water partition coefficient (Wildman–Crippen LogP) is 4.05. The second-order valence-corrected chi connectivity index (χ2v) is 8.88. The average molecular weight is 392 g/mol. The van der Waals surface area contributed by atoms with Crippen LogP contribution in [0.4, 0.5) is 0 Å². The van der Waals surface area contributed by atoms with E-state index >= 15 is 0 Å². The summed E-state index contributed by atoms with van der Waals surface area (Å²) >= 11 is 1.65. The van der Waals surface area contributed by atoms with Crippen molar-refractivity contribution in [2.24, 2.45) is 5.92 Å². The second-order valence-electron chi connectivity index (χ2n) is 7.80. The molecule has 28 heavy (non-hydrogen) atoms. The number of thiophene rings is 1. The Labute approximate surface area is 165 Å². The van der Waals surface area contributed by atoms with Crippen LogP contribution in [-0.2, 0) is 19.4 Å². The molecule has 6 heteroatoms. The first-order chi connectivity index (χ1) is 13.5. The van der Waals surface area contributed by atoms with E-state index in [1.807, 2.05) is 25.1 Å². The van der Waals surface area contributed by atoms with Crippen molar-refractivity contribution in [3.8, 4) is 0 Å². The van der Waals surface area contributed by atoms with Gasteiger partial charge in [-0.3, -0.25) is 9.36 Å². The molecule has 0 saturated heterocycles. The number of aryl methyl sites for hydroxylation is 2. The summed E-state index contributed by atoms with van der Waals surface area (Å²) in [7, 11) is 0. The summed E-state index contributed by atoms with van der Waals surface area (Å²) in [5.74, 6) is 0.654. The summed E-state index contributed by atoms with van der Waals surface area (Å²) in [5, 5.41) is 1.61. The van der Waals surface area contributed by atoms with Gasteiger partial charge in [0.05, 0.1) is 18.3 Å². The molecule has 0 radical (unpaired) electrons. The highest BCUT2D eigenvalue weighted by Gasteiger charge is 2.23. The minimum absolute atomic E-state index is 0.0226. The molecular formula is C22H20N2O3S. The minimum Gasteiger partial charge on any atom is -0.423 e. The van der Waals surface area contributed by atoms with Crippen LogP contribution in [-0.4, -0.2) is 9.55 Å². The molecule has 4 aromatic rings. The zero-order valence-corrected chi connectivity index (χ0v) is 16.6. The molecule has 3 aromatic heterocycles. The highest BCUT2D eigenvalue weighted by Crippen LogP contribution is 2.35. The number of benzene rings is 1. The third-order valence-electron chi connectivity index (χ3n) is 5.61. The van der Waals surface area contributed by atoms with E-state index in [2.05, 4.69) is 11.9 Å². The largest absolute Gasteiger partial charge is 0.423 e. The van der Waals surface area contributed by atoms with Crippen molar-refractivity contribution in [3.05, 3.63) is 72.9 Å². The van der Waals surface area contributed by atoms with Gasteiger partial charge in [0.15, 0.2) is 0 Å². The molecule has 0 fully saturated rings. The summed E-state index contributed by atoms with van der Waals surface area (Å²) in [5.41, 5.74) is 3.09. The van der Waals surface area contributed by atoms with Crippen LogP contribution in [0.15, 0.2) is 44.6 Å². The van der Waals surface area contributed by atoms with Crippen LogP contribution in [0.3, 0.4) is 0 Å². The fourth-order valence-corrected chi connectivity index (χ4v) is 5.47. The van der Waals surface area contributed by atoms with Gasteiger partial charge < -0.3 is 4.42 Å². The van der Waals surface area contributed by atoms with Crippen LogP contribution >= 0.6 is 11.3 Å². The normalized spacial score (nSPS) is 16.6. The Morgan fingerprint density at radius 2 is 2.14 bits per heavy atom. The van der Waals surface area contributed by atoms with Gasteiger partial charge in [-0.2, -0.15) is 0 Å². The van der Waals surface area contributed by atoms with Crippen LogP contribution in [0, 0.1) is 12.8 Å². The number of hydrogen-bond donors (Lipinski definition) is 0. The van der Waals surface area contributed by atoms with Crippen LogP contribution in [0.2, 0.25) is 0 Å². The van der Waals surface area contributed by atoms with Crippen molar-refractivity contribution >= 4 is 32.5 Å². The number of aromatic nitrogens is 2. The van der Waals surface area contributed by atoms with Crippen molar-refractivity contribution in [3.63, 3.8) is 0 Å². The first kappa shape index (κ1) is 17.4. The molecule has 142 valence electrons. The van der Waals surface area contributed by atoms with Gasteiger partial charge in [0.1, 0.15) is 10.4 Å². The topological polar surface area (TPSA) is 65.1 Å². The van der Waals surface area contributed by atoms with Crippen LogP contribution in [0.25, 0.3) is 21.2 Å². The first-order valence-electron chi connectivity index (χ1n) is 9.52. The van der Waals surface area contributed by atoms with E-state index in [0.717, 1.165) is 46.0 Å². The van der Waals surface area contributed by atoms with E-state index < -0.39 is 5.63 Å². The van der Waals surface area contributed by atoms with Gasteiger partial charge in [0.2, 0.25) is 0 Å². The van der Waals surface area contributed by atoms with Crippen molar-refractivity contribution < 1.29 is 4.42 Å². The Hall–Kier alpha value is -2.73. The molecule has 0 aliphatic heterocycles. The molecule has 1 aromatic carbocycles. The van der Waals surface area contributed by atoms with Gasteiger partial charge in [0.25, 0.3) is 5.56 Å². The smallest absolute Gasteiger partial charge is 0.336 e. The molecule has 3 heterocycles. The van der Waals surface area contributed by atoms with Crippen molar-refractivity contribution in [1.82, 2.24) is 9.55 Å². The first-order valence-corrected chi connectivity index (χ1v) is 10.3. The molecule has 0 N–H and O–H groups in total. The second kappa shape index (κ2) is 6.41. The molecular weight excluding hydrogens is 372 g/mol. The van der Waals surface area contributed by atoms with Crippen molar-refractivity contribution in [2.75, 3.05) is 0 Å². The van der Waals surface area contributed by atoms with Gasteiger partial charge in [-0.25, -0.2) is 9.78 Å². The molecule has 1 aliphatic carbocycles. The Kier molecular flexibility index (Phi) is 3.98. The molecule has 5 rings (SSSR count). The maximum Gasteiger partial charge on any atom is 0.336 e. The molecule has 0 saturated carbocycles. The van der Waals surface area contributed by atoms with Gasteiger partial charge in [-0.1, -0.05) is 19.1 Å². The fraction of sp³-hybridized carbons (Fsp3) is 0.318. The van der Waals surface area contributed by atoms with Gasteiger partial charge >= 0.3 is 5.63 Å². The standard InChI is InChI=1S/C22H20N2O3S/c1-12-3-5-15-14(9-19(25)27-17(15)7-12)10-24-11-23-21-20(22(24)26)16-6-4-13(2)8-18(16)28-21/h3,5,7,9,11,13H,4,6,8,10H2,1-2H3. The summed E-state index contributed by atoms with van der Waals surface area (Å²) in [6, 6.07) is 7.24. The zero-order valence-electron chi connectivity index (χ0n) is 15.8. The summed E-state index contributed by atoms with van der Waals surface area (Å²) < 4.78 is 6.95. The molecule has 1 aliphatic rings. The maximum absolute atomic E-state index is 13.3. The Morgan fingerprint density at radius 3 is 3.00 bits per heavy atom. The molecule has 1 atom stereocenters. The van der Waals surface area contributed by atoms with Gasteiger partial charge in [0, 0.05) is 16.3 Å². The quantitative estimate of drug-likeness (QED) is 0.483. The molecule has 0 spiro atoms. The highest BCUT2D eigenvalue weighted by molar-refractivity contribution is 7.18. The zero-order chi connectivity index (χ0) is 19.4. The van der Waals surface area contributed by atoms with Crippen LogP contribution < -0.4 is 11.2 Å². The van der Waals surface area contributed by atoms with E-state index in [9.17, 15) is 9.59 Å². The Morgan fingerprint density at radius 1 is 1.29 bits per heavy atom. The molecule has 1 unspecified atom stereocenters. The third-order valence-corrected chi connectivity index (χ3v) is 6.77.